The lowest BCUT2D eigenvalue weighted by molar-refractivity contribution is 0.0461. The fourth-order valence-corrected chi connectivity index (χ4v) is 1.72. The molecule has 0 saturated heterocycles. The van der Waals surface area contributed by atoms with Crippen molar-refractivity contribution in [3.63, 3.8) is 0 Å². The first-order valence-electron chi connectivity index (χ1n) is 5.15. The van der Waals surface area contributed by atoms with Crippen LogP contribution in [0.2, 0.25) is 0 Å². The van der Waals surface area contributed by atoms with Gasteiger partial charge in [0.05, 0.1) is 5.56 Å². The molecule has 0 bridgehead atoms. The molecule has 0 radical (unpaired) electrons. The number of halogens is 1. The van der Waals surface area contributed by atoms with E-state index in [1.54, 1.807) is 36.7 Å². The zero-order valence-corrected chi connectivity index (χ0v) is 10.9. The van der Waals surface area contributed by atoms with Crippen molar-refractivity contribution in [3.05, 3.63) is 52.5 Å². The monoisotopic (exact) mass is 307 g/mol. The van der Waals surface area contributed by atoms with Crippen molar-refractivity contribution in [1.29, 1.82) is 0 Å². The standard InChI is InChI=1S/C12H10BrN3O2/c13-10-3-2-8(14)6-9(10)12(17)18-7-11-15-4-1-5-16-11/h1-6H,7,14H2. The Kier molecular flexibility index (Phi) is 3.88. The summed E-state index contributed by atoms with van der Waals surface area (Å²) in [7, 11) is 0. The number of hydrogen-bond acceptors (Lipinski definition) is 5. The maximum Gasteiger partial charge on any atom is 0.339 e. The Morgan fingerprint density at radius 3 is 2.78 bits per heavy atom. The van der Waals surface area contributed by atoms with Gasteiger partial charge in [-0.05, 0) is 40.2 Å². The molecule has 0 amide bonds. The maximum absolute atomic E-state index is 11.8. The minimum absolute atomic E-state index is 0.0287. The molecule has 1 heterocycles. The quantitative estimate of drug-likeness (QED) is 0.694. The van der Waals surface area contributed by atoms with Crippen molar-refractivity contribution in [2.24, 2.45) is 0 Å². The van der Waals surface area contributed by atoms with E-state index in [1.807, 2.05) is 0 Å². The first-order valence-corrected chi connectivity index (χ1v) is 5.94. The van der Waals surface area contributed by atoms with Crippen LogP contribution in [-0.4, -0.2) is 15.9 Å². The van der Waals surface area contributed by atoms with Crippen LogP contribution in [0.15, 0.2) is 41.1 Å². The van der Waals surface area contributed by atoms with E-state index in [2.05, 4.69) is 25.9 Å². The van der Waals surface area contributed by atoms with Crippen LogP contribution in [0.3, 0.4) is 0 Å². The minimum Gasteiger partial charge on any atom is -0.454 e. The number of anilines is 1. The molecule has 2 rings (SSSR count). The normalized spacial score (nSPS) is 10.1. The molecule has 6 heteroatoms. The van der Waals surface area contributed by atoms with E-state index in [9.17, 15) is 4.79 Å². The SMILES string of the molecule is Nc1ccc(Br)c(C(=O)OCc2ncccn2)c1. The van der Waals surface area contributed by atoms with Crippen LogP contribution in [0.1, 0.15) is 16.2 Å². The second-order valence-corrected chi connectivity index (χ2v) is 4.33. The Balaban J connectivity index is 2.06. The summed E-state index contributed by atoms with van der Waals surface area (Å²) < 4.78 is 5.74. The zero-order valence-electron chi connectivity index (χ0n) is 9.34. The van der Waals surface area contributed by atoms with Crippen molar-refractivity contribution in [3.8, 4) is 0 Å². The van der Waals surface area contributed by atoms with E-state index in [4.69, 9.17) is 10.5 Å². The predicted octanol–water partition coefficient (Wildman–Crippen LogP) is 2.18. The molecule has 0 saturated carbocycles. The summed E-state index contributed by atoms with van der Waals surface area (Å²) in [5.74, 6) is -0.0208. The number of esters is 1. The van der Waals surface area contributed by atoms with Crippen LogP contribution in [0.4, 0.5) is 5.69 Å². The number of benzene rings is 1. The van der Waals surface area contributed by atoms with Gasteiger partial charge < -0.3 is 10.5 Å². The topological polar surface area (TPSA) is 78.1 Å². The summed E-state index contributed by atoms with van der Waals surface area (Å²) in [5, 5.41) is 0. The number of nitrogens with zero attached hydrogens (tertiary/aromatic N) is 2. The fraction of sp³-hybridized carbons (Fsp3) is 0.0833. The first kappa shape index (κ1) is 12.5. The molecule has 0 spiro atoms. The second-order valence-electron chi connectivity index (χ2n) is 3.48. The molecule has 2 aromatic rings. The Morgan fingerprint density at radius 2 is 2.06 bits per heavy atom. The molecular weight excluding hydrogens is 298 g/mol. The average molecular weight is 308 g/mol. The smallest absolute Gasteiger partial charge is 0.339 e. The van der Waals surface area contributed by atoms with Gasteiger partial charge >= 0.3 is 5.97 Å². The first-order chi connectivity index (χ1) is 8.66. The molecule has 0 unspecified atom stereocenters. The molecule has 1 aromatic carbocycles. The largest absolute Gasteiger partial charge is 0.454 e. The van der Waals surface area contributed by atoms with Crippen molar-refractivity contribution >= 4 is 27.6 Å². The van der Waals surface area contributed by atoms with Crippen LogP contribution < -0.4 is 5.73 Å². The molecule has 0 aliphatic heterocycles. The fourth-order valence-electron chi connectivity index (χ4n) is 1.31. The van der Waals surface area contributed by atoms with Crippen molar-refractivity contribution in [2.75, 3.05) is 5.73 Å². The number of nitrogens with two attached hydrogens (primary N) is 1. The summed E-state index contributed by atoms with van der Waals surface area (Å²) in [4.78, 5) is 19.7. The van der Waals surface area contributed by atoms with Gasteiger partial charge in [-0.3, -0.25) is 0 Å². The van der Waals surface area contributed by atoms with Gasteiger partial charge in [-0.25, -0.2) is 14.8 Å². The molecule has 0 aliphatic carbocycles. The van der Waals surface area contributed by atoms with Gasteiger partial charge in [0.2, 0.25) is 0 Å². The average Bonchev–Trinajstić information content (AvgIpc) is 2.40. The number of hydrogen-bond donors (Lipinski definition) is 1. The van der Waals surface area contributed by atoms with Crippen molar-refractivity contribution in [1.82, 2.24) is 9.97 Å². The number of carbonyl (C=O) groups is 1. The molecule has 18 heavy (non-hydrogen) atoms. The van der Waals surface area contributed by atoms with Crippen LogP contribution in [0, 0.1) is 0 Å². The van der Waals surface area contributed by atoms with Gasteiger partial charge in [-0.15, -0.1) is 0 Å². The lowest BCUT2D eigenvalue weighted by Gasteiger charge is -2.06. The third-order valence-corrected chi connectivity index (χ3v) is 2.85. The third kappa shape index (κ3) is 3.04. The molecule has 0 aliphatic rings. The number of aromatic nitrogens is 2. The third-order valence-electron chi connectivity index (χ3n) is 2.16. The molecule has 1 aromatic heterocycles. The zero-order chi connectivity index (χ0) is 13.0. The highest BCUT2D eigenvalue weighted by Crippen LogP contribution is 2.20. The summed E-state index contributed by atoms with van der Waals surface area (Å²) in [6.45, 7) is 0.0287. The van der Waals surface area contributed by atoms with E-state index >= 15 is 0 Å². The van der Waals surface area contributed by atoms with Gasteiger partial charge in [0.15, 0.2) is 12.4 Å². The van der Waals surface area contributed by atoms with Gasteiger partial charge in [-0.1, -0.05) is 0 Å². The lowest BCUT2D eigenvalue weighted by Crippen LogP contribution is -2.08. The highest BCUT2D eigenvalue weighted by atomic mass is 79.9. The van der Waals surface area contributed by atoms with Crippen LogP contribution in [0.5, 0.6) is 0 Å². The number of rotatable bonds is 3. The van der Waals surface area contributed by atoms with Gasteiger partial charge in [0, 0.05) is 22.6 Å². The Bertz CT molecular complexity index is 561. The van der Waals surface area contributed by atoms with Crippen LogP contribution >= 0.6 is 15.9 Å². The number of ether oxygens (including phenoxy) is 1. The van der Waals surface area contributed by atoms with Gasteiger partial charge in [0.25, 0.3) is 0 Å². The molecule has 2 N–H and O–H groups in total. The number of nitrogen functional groups attached to an aromatic ring is 1. The summed E-state index contributed by atoms with van der Waals surface area (Å²) in [5.41, 5.74) is 6.50. The highest BCUT2D eigenvalue weighted by molar-refractivity contribution is 9.10. The molecule has 5 nitrogen and oxygen atoms in total. The highest BCUT2D eigenvalue weighted by Gasteiger charge is 2.12. The van der Waals surface area contributed by atoms with Crippen molar-refractivity contribution in [2.45, 2.75) is 6.61 Å². The Morgan fingerprint density at radius 1 is 1.33 bits per heavy atom. The minimum atomic E-state index is -0.471. The van der Waals surface area contributed by atoms with Crippen LogP contribution in [0.25, 0.3) is 0 Å². The van der Waals surface area contributed by atoms with E-state index in [-0.39, 0.29) is 6.61 Å². The maximum atomic E-state index is 11.8. The lowest BCUT2D eigenvalue weighted by atomic mass is 10.2. The van der Waals surface area contributed by atoms with Gasteiger partial charge in [0.1, 0.15) is 0 Å². The number of carbonyl (C=O) groups excluding carboxylic acids is 1. The van der Waals surface area contributed by atoms with Crippen LogP contribution in [-0.2, 0) is 11.3 Å². The van der Waals surface area contributed by atoms with Gasteiger partial charge in [-0.2, -0.15) is 0 Å². The predicted molar refractivity (Wildman–Crippen MR) is 69.7 cm³/mol. The molecule has 92 valence electrons. The second kappa shape index (κ2) is 5.59. The summed E-state index contributed by atoms with van der Waals surface area (Å²) in [6.07, 6.45) is 3.18. The summed E-state index contributed by atoms with van der Waals surface area (Å²) in [6, 6.07) is 6.64. The van der Waals surface area contributed by atoms with Crippen molar-refractivity contribution < 1.29 is 9.53 Å². The molecule has 0 atom stereocenters. The molecule has 0 fully saturated rings. The Hall–Kier alpha value is -1.95. The van der Waals surface area contributed by atoms with E-state index in [0.717, 1.165) is 0 Å². The van der Waals surface area contributed by atoms with E-state index in [1.165, 1.54) is 0 Å². The molecular formula is C12H10BrN3O2. The Labute approximate surface area is 112 Å². The summed E-state index contributed by atoms with van der Waals surface area (Å²) >= 11 is 3.27. The van der Waals surface area contributed by atoms with E-state index < -0.39 is 5.97 Å². The van der Waals surface area contributed by atoms with E-state index in [0.29, 0.717) is 21.5 Å².